The number of sulfonamides is 1. The molecule has 0 spiro atoms. The normalized spacial score (nSPS) is 14.7. The lowest BCUT2D eigenvalue weighted by Gasteiger charge is -2.23. The van der Waals surface area contributed by atoms with Crippen LogP contribution in [0.1, 0.15) is 44.0 Å². The van der Waals surface area contributed by atoms with Crippen molar-refractivity contribution in [2.75, 3.05) is 37.7 Å². The molecule has 0 saturated carbocycles. The van der Waals surface area contributed by atoms with Gasteiger partial charge in [-0.05, 0) is 38.0 Å². The van der Waals surface area contributed by atoms with Crippen molar-refractivity contribution in [3.8, 4) is 0 Å². The number of Topliss-reactive ketones (excluding diaryl/α,β-unsaturated/α-hetero) is 1. The summed E-state index contributed by atoms with van der Waals surface area (Å²) >= 11 is 0. The summed E-state index contributed by atoms with van der Waals surface area (Å²) in [5, 5.41) is 0. The predicted octanol–water partition coefficient (Wildman–Crippen LogP) is 2.06. The molecule has 0 amide bonds. The molecule has 2 rings (SSSR count). The van der Waals surface area contributed by atoms with Crippen LogP contribution in [-0.4, -0.2) is 57.3 Å². The fourth-order valence-electron chi connectivity index (χ4n) is 3.03. The topological polar surface area (TPSA) is 84.0 Å². The van der Waals surface area contributed by atoms with Gasteiger partial charge in [0.05, 0.1) is 16.1 Å². The molecule has 1 saturated heterocycles. The molecule has 1 aliphatic heterocycles. The highest BCUT2D eigenvalue weighted by atomic mass is 32.2. The number of nitrogens with zero attached hydrogens (tertiary/aromatic N) is 2. The van der Waals surface area contributed by atoms with Gasteiger partial charge in [0.15, 0.2) is 5.78 Å². The van der Waals surface area contributed by atoms with Crippen LogP contribution in [0, 0.1) is 0 Å². The molecule has 0 bridgehead atoms. The lowest BCUT2D eigenvalue weighted by molar-refractivity contribution is -0.120. The molecule has 1 aromatic carbocycles. The van der Waals surface area contributed by atoms with Gasteiger partial charge in [-0.2, -0.15) is 4.31 Å². The Morgan fingerprint density at radius 2 is 1.77 bits per heavy atom. The first-order valence-corrected chi connectivity index (χ1v) is 10.3. The fourth-order valence-corrected chi connectivity index (χ4v) is 4.52. The first kappa shape index (κ1) is 20.4. The van der Waals surface area contributed by atoms with E-state index in [9.17, 15) is 18.0 Å². The third-order valence-electron chi connectivity index (χ3n) is 4.38. The van der Waals surface area contributed by atoms with E-state index < -0.39 is 16.0 Å². The van der Waals surface area contributed by atoms with E-state index in [1.807, 2.05) is 4.90 Å². The number of benzene rings is 1. The van der Waals surface area contributed by atoms with E-state index in [1.165, 1.54) is 23.4 Å². The number of rotatable bonds is 8. The van der Waals surface area contributed by atoms with E-state index in [1.54, 1.807) is 19.9 Å². The smallest absolute Gasteiger partial charge is 0.340 e. The monoisotopic (exact) mass is 382 g/mol. The Kier molecular flexibility index (Phi) is 6.77. The van der Waals surface area contributed by atoms with Gasteiger partial charge < -0.3 is 9.64 Å². The molecule has 0 N–H and O–H groups in total. The summed E-state index contributed by atoms with van der Waals surface area (Å²) in [6.07, 6.45) is 2.03. The lowest BCUT2D eigenvalue weighted by atomic mass is 10.1. The lowest BCUT2D eigenvalue weighted by Crippen LogP contribution is -2.31. The van der Waals surface area contributed by atoms with Crippen molar-refractivity contribution in [2.45, 2.75) is 38.5 Å². The molecule has 1 heterocycles. The quantitative estimate of drug-likeness (QED) is 0.640. The molecule has 7 nitrogen and oxygen atoms in total. The van der Waals surface area contributed by atoms with E-state index in [0.717, 1.165) is 25.9 Å². The van der Waals surface area contributed by atoms with Crippen molar-refractivity contribution in [3.63, 3.8) is 0 Å². The van der Waals surface area contributed by atoms with Crippen LogP contribution in [0.5, 0.6) is 0 Å². The second-order valence-electron chi connectivity index (χ2n) is 6.24. The van der Waals surface area contributed by atoms with Crippen molar-refractivity contribution in [3.05, 3.63) is 23.8 Å². The number of anilines is 1. The molecule has 0 unspecified atom stereocenters. The minimum absolute atomic E-state index is 0.0546. The van der Waals surface area contributed by atoms with Gasteiger partial charge in [-0.15, -0.1) is 0 Å². The van der Waals surface area contributed by atoms with Gasteiger partial charge in [0.2, 0.25) is 10.0 Å². The number of esters is 1. The maximum Gasteiger partial charge on any atom is 0.340 e. The molecule has 26 heavy (non-hydrogen) atoms. The van der Waals surface area contributed by atoms with Gasteiger partial charge in [-0.25, -0.2) is 13.2 Å². The first-order chi connectivity index (χ1) is 12.3. The van der Waals surface area contributed by atoms with Crippen LogP contribution in [0.3, 0.4) is 0 Å². The number of hydrogen-bond donors (Lipinski definition) is 0. The summed E-state index contributed by atoms with van der Waals surface area (Å²) in [5.41, 5.74) is 0.830. The number of hydrogen-bond acceptors (Lipinski definition) is 6. The molecule has 1 aromatic rings. The molecule has 144 valence electrons. The molecule has 0 aromatic heterocycles. The number of ketones is 1. The Hall–Kier alpha value is -1.93. The second kappa shape index (κ2) is 8.64. The van der Waals surface area contributed by atoms with Crippen molar-refractivity contribution in [2.24, 2.45) is 0 Å². The van der Waals surface area contributed by atoms with E-state index in [2.05, 4.69) is 0 Å². The standard InChI is InChI=1S/C18H26N2O5S/c1-4-20(5-2)26(23,24)15-8-9-17(19-10-6-7-11-19)16(12-15)18(22)25-13-14(3)21/h8-9,12H,4-7,10-11,13H2,1-3H3. The van der Waals surface area contributed by atoms with Gasteiger partial charge >= 0.3 is 5.97 Å². The average Bonchev–Trinajstić information content (AvgIpc) is 3.14. The van der Waals surface area contributed by atoms with Gasteiger partial charge in [0.1, 0.15) is 6.61 Å². The van der Waals surface area contributed by atoms with Crippen molar-refractivity contribution >= 4 is 27.5 Å². The zero-order chi connectivity index (χ0) is 19.3. The van der Waals surface area contributed by atoms with Crippen molar-refractivity contribution < 1.29 is 22.7 Å². The number of carbonyl (C=O) groups excluding carboxylic acids is 2. The van der Waals surface area contributed by atoms with Crippen molar-refractivity contribution in [1.82, 2.24) is 4.31 Å². The summed E-state index contributed by atoms with van der Waals surface area (Å²) < 4.78 is 31.9. The molecule has 8 heteroatoms. The van der Waals surface area contributed by atoms with Gasteiger partial charge in [-0.3, -0.25) is 4.79 Å². The molecular weight excluding hydrogens is 356 g/mol. The van der Waals surface area contributed by atoms with Crippen LogP contribution in [0.25, 0.3) is 0 Å². The highest BCUT2D eigenvalue weighted by molar-refractivity contribution is 7.89. The maximum absolute atomic E-state index is 12.8. The van der Waals surface area contributed by atoms with Crippen LogP contribution in [0.4, 0.5) is 5.69 Å². The Morgan fingerprint density at radius 3 is 2.31 bits per heavy atom. The molecule has 0 atom stereocenters. The van der Waals surface area contributed by atoms with E-state index in [0.29, 0.717) is 18.8 Å². The third-order valence-corrected chi connectivity index (χ3v) is 6.43. The minimum atomic E-state index is -3.69. The zero-order valence-electron chi connectivity index (χ0n) is 15.5. The highest BCUT2D eigenvalue weighted by Crippen LogP contribution is 2.29. The SMILES string of the molecule is CCN(CC)S(=O)(=O)c1ccc(N2CCCC2)c(C(=O)OCC(C)=O)c1. The van der Waals surface area contributed by atoms with Crippen LogP contribution >= 0.6 is 0 Å². The average molecular weight is 382 g/mol. The Balaban J connectivity index is 2.46. The predicted molar refractivity (Wildman–Crippen MR) is 99.0 cm³/mol. The fraction of sp³-hybridized carbons (Fsp3) is 0.556. The van der Waals surface area contributed by atoms with Crippen LogP contribution in [0.2, 0.25) is 0 Å². The van der Waals surface area contributed by atoms with E-state index >= 15 is 0 Å². The van der Waals surface area contributed by atoms with Gasteiger partial charge in [-0.1, -0.05) is 13.8 Å². The zero-order valence-corrected chi connectivity index (χ0v) is 16.3. The first-order valence-electron chi connectivity index (χ1n) is 8.87. The summed E-state index contributed by atoms with van der Waals surface area (Å²) in [5.74, 6) is -0.952. The van der Waals surface area contributed by atoms with Crippen LogP contribution in [-0.2, 0) is 19.6 Å². The maximum atomic E-state index is 12.8. The molecule has 0 aliphatic carbocycles. The van der Waals surface area contributed by atoms with Crippen LogP contribution in [0.15, 0.2) is 23.1 Å². The minimum Gasteiger partial charge on any atom is -0.454 e. The molecular formula is C18H26N2O5S. The largest absolute Gasteiger partial charge is 0.454 e. The Labute approximate surface area is 155 Å². The third kappa shape index (κ3) is 4.42. The number of carbonyl (C=O) groups is 2. The number of ether oxygens (including phenoxy) is 1. The summed E-state index contributed by atoms with van der Waals surface area (Å²) in [4.78, 5) is 25.7. The Bertz CT molecular complexity index is 766. The molecule has 1 fully saturated rings. The molecule has 0 radical (unpaired) electrons. The van der Waals surface area contributed by atoms with Crippen LogP contribution < -0.4 is 4.90 Å². The Morgan fingerprint density at radius 1 is 1.15 bits per heavy atom. The van der Waals surface area contributed by atoms with Crippen molar-refractivity contribution in [1.29, 1.82) is 0 Å². The highest BCUT2D eigenvalue weighted by Gasteiger charge is 2.27. The summed E-state index contributed by atoms with van der Waals surface area (Å²) in [6, 6.07) is 4.55. The molecule has 1 aliphatic rings. The van der Waals surface area contributed by atoms with Gasteiger partial charge in [0, 0.05) is 26.2 Å². The van der Waals surface area contributed by atoms with Gasteiger partial charge in [0.25, 0.3) is 0 Å². The second-order valence-corrected chi connectivity index (χ2v) is 8.18. The summed E-state index contributed by atoms with van der Waals surface area (Å²) in [7, 11) is -3.69. The van der Waals surface area contributed by atoms with E-state index in [-0.39, 0.29) is 22.8 Å². The summed E-state index contributed by atoms with van der Waals surface area (Å²) in [6.45, 7) is 6.82. The van der Waals surface area contributed by atoms with E-state index in [4.69, 9.17) is 4.74 Å².